The second kappa shape index (κ2) is 5.57. The van der Waals surface area contributed by atoms with Crippen LogP contribution in [0.4, 0.5) is 4.39 Å². The van der Waals surface area contributed by atoms with Gasteiger partial charge in [-0.3, -0.25) is 4.90 Å². The number of benzene rings is 1. The van der Waals surface area contributed by atoms with E-state index in [0.717, 1.165) is 40.2 Å². The quantitative estimate of drug-likeness (QED) is 0.931. The van der Waals surface area contributed by atoms with Gasteiger partial charge in [-0.05, 0) is 43.6 Å². The molecule has 102 valence electrons. The summed E-state index contributed by atoms with van der Waals surface area (Å²) < 4.78 is 15.1. The van der Waals surface area contributed by atoms with Crippen LogP contribution in [0.3, 0.4) is 0 Å². The van der Waals surface area contributed by atoms with E-state index in [1.165, 1.54) is 19.3 Å². The summed E-state index contributed by atoms with van der Waals surface area (Å²) in [7, 11) is 0. The molecule has 0 bridgehead atoms. The van der Waals surface area contributed by atoms with Gasteiger partial charge >= 0.3 is 0 Å². The van der Waals surface area contributed by atoms with E-state index in [-0.39, 0.29) is 5.82 Å². The summed E-state index contributed by atoms with van der Waals surface area (Å²) in [5, 5.41) is 0.790. The summed E-state index contributed by atoms with van der Waals surface area (Å²) in [6.07, 6.45) is 3.82. The normalized spacial score (nSPS) is 17.2. The molecule has 1 aromatic carbocycles. The zero-order valence-corrected chi connectivity index (χ0v) is 11.8. The Labute approximate surface area is 117 Å². The zero-order valence-electron chi connectivity index (χ0n) is 11.0. The lowest BCUT2D eigenvalue weighted by Crippen LogP contribution is -2.29. The molecule has 2 heterocycles. The molecule has 0 radical (unpaired) electrons. The molecule has 0 spiro atoms. The highest BCUT2D eigenvalue weighted by Gasteiger charge is 2.18. The van der Waals surface area contributed by atoms with Crippen LogP contribution in [-0.2, 0) is 13.1 Å². The molecule has 1 aliphatic heterocycles. The molecule has 0 unspecified atom stereocenters. The van der Waals surface area contributed by atoms with Gasteiger partial charge in [0.1, 0.15) is 5.82 Å². The second-order valence-corrected chi connectivity index (χ2v) is 6.29. The lowest BCUT2D eigenvalue weighted by molar-refractivity contribution is 0.221. The summed E-state index contributed by atoms with van der Waals surface area (Å²) in [4.78, 5) is 3.56. The number of hydrogen-bond acceptors (Lipinski definition) is 3. The average molecular weight is 278 g/mol. The molecule has 0 saturated carbocycles. The second-order valence-electron chi connectivity index (χ2n) is 5.16. The Bertz CT molecular complexity index is 573. The average Bonchev–Trinajstić information content (AvgIpc) is 2.79. The zero-order chi connectivity index (χ0) is 13.2. The maximum absolute atomic E-state index is 14.1. The van der Waals surface area contributed by atoms with Gasteiger partial charge in [0.2, 0.25) is 0 Å². The number of likely N-dealkylation sites (tertiary alicyclic amines) is 1. The first-order chi connectivity index (χ1) is 9.29. The molecular weight excluding hydrogens is 259 g/mol. The molecule has 2 N–H and O–H groups in total. The summed E-state index contributed by atoms with van der Waals surface area (Å²) in [5.74, 6) is -0.111. The molecule has 2 aromatic rings. The van der Waals surface area contributed by atoms with Crippen LogP contribution in [0.1, 0.15) is 29.7 Å². The molecular formula is C15H19FN2S. The summed E-state index contributed by atoms with van der Waals surface area (Å²) >= 11 is 1.63. The van der Waals surface area contributed by atoms with Crippen LogP contribution in [0.15, 0.2) is 18.2 Å². The predicted molar refractivity (Wildman–Crippen MR) is 78.8 cm³/mol. The Balaban J connectivity index is 2.00. The van der Waals surface area contributed by atoms with E-state index in [0.29, 0.717) is 6.54 Å². The maximum atomic E-state index is 14.1. The number of nitrogens with two attached hydrogens (primary N) is 1. The van der Waals surface area contributed by atoms with Crippen LogP contribution in [0.25, 0.3) is 10.1 Å². The van der Waals surface area contributed by atoms with Crippen molar-refractivity contribution in [3.63, 3.8) is 0 Å². The van der Waals surface area contributed by atoms with Gasteiger partial charge in [0.25, 0.3) is 0 Å². The van der Waals surface area contributed by atoms with Crippen molar-refractivity contribution in [1.82, 2.24) is 4.90 Å². The van der Waals surface area contributed by atoms with Gasteiger partial charge < -0.3 is 5.73 Å². The molecule has 0 amide bonds. The van der Waals surface area contributed by atoms with Crippen LogP contribution in [0.2, 0.25) is 0 Å². The van der Waals surface area contributed by atoms with Gasteiger partial charge in [-0.25, -0.2) is 4.39 Å². The van der Waals surface area contributed by atoms with Crippen molar-refractivity contribution in [2.75, 3.05) is 13.1 Å². The Morgan fingerprint density at radius 2 is 2.00 bits per heavy atom. The number of fused-ring (bicyclic) bond motifs is 1. The third-order valence-electron chi connectivity index (χ3n) is 3.86. The first-order valence-electron chi connectivity index (χ1n) is 6.91. The number of piperidine rings is 1. The molecule has 0 atom stereocenters. The Hall–Kier alpha value is -0.970. The summed E-state index contributed by atoms with van der Waals surface area (Å²) in [5.41, 5.74) is 6.95. The number of halogens is 1. The first-order valence-corrected chi connectivity index (χ1v) is 7.72. The summed E-state index contributed by atoms with van der Waals surface area (Å²) in [6.45, 7) is 3.58. The Morgan fingerprint density at radius 1 is 1.21 bits per heavy atom. The molecule has 3 rings (SSSR count). The fourth-order valence-electron chi connectivity index (χ4n) is 2.89. The molecule has 1 aliphatic rings. The molecule has 1 saturated heterocycles. The minimum Gasteiger partial charge on any atom is -0.326 e. The number of nitrogens with zero attached hydrogens (tertiary/aromatic N) is 1. The fraction of sp³-hybridized carbons (Fsp3) is 0.467. The molecule has 2 nitrogen and oxygen atoms in total. The third-order valence-corrected chi connectivity index (χ3v) is 5.08. The highest BCUT2D eigenvalue weighted by atomic mass is 32.1. The van der Waals surface area contributed by atoms with Crippen LogP contribution in [0.5, 0.6) is 0 Å². The van der Waals surface area contributed by atoms with Gasteiger partial charge in [0, 0.05) is 28.1 Å². The molecule has 4 heteroatoms. The predicted octanol–water partition coefficient (Wildman–Crippen LogP) is 3.49. The van der Waals surface area contributed by atoms with Crippen molar-refractivity contribution in [1.29, 1.82) is 0 Å². The van der Waals surface area contributed by atoms with E-state index in [4.69, 9.17) is 5.73 Å². The van der Waals surface area contributed by atoms with Crippen molar-refractivity contribution in [3.8, 4) is 0 Å². The fourth-order valence-corrected chi connectivity index (χ4v) is 4.00. The molecule has 1 aromatic heterocycles. The van der Waals surface area contributed by atoms with Crippen molar-refractivity contribution >= 4 is 21.4 Å². The van der Waals surface area contributed by atoms with Crippen molar-refractivity contribution in [3.05, 3.63) is 34.5 Å². The minimum atomic E-state index is -0.111. The first kappa shape index (κ1) is 13.0. The molecule has 19 heavy (non-hydrogen) atoms. The van der Waals surface area contributed by atoms with Crippen LogP contribution < -0.4 is 5.73 Å². The molecule has 0 aliphatic carbocycles. The third kappa shape index (κ3) is 2.53. The van der Waals surface area contributed by atoms with Crippen molar-refractivity contribution in [2.24, 2.45) is 5.73 Å². The monoisotopic (exact) mass is 278 g/mol. The van der Waals surface area contributed by atoms with Gasteiger partial charge in [0.15, 0.2) is 0 Å². The van der Waals surface area contributed by atoms with E-state index in [1.807, 2.05) is 6.07 Å². The topological polar surface area (TPSA) is 29.3 Å². The smallest absolute Gasteiger partial charge is 0.132 e. The van der Waals surface area contributed by atoms with Crippen LogP contribution >= 0.6 is 11.3 Å². The molecule has 1 fully saturated rings. The van der Waals surface area contributed by atoms with E-state index >= 15 is 0 Å². The van der Waals surface area contributed by atoms with E-state index < -0.39 is 0 Å². The lowest BCUT2D eigenvalue weighted by atomic mass is 10.1. The number of hydrogen-bond donors (Lipinski definition) is 1. The van der Waals surface area contributed by atoms with Crippen LogP contribution in [0, 0.1) is 5.82 Å². The number of rotatable bonds is 3. The Kier molecular flexibility index (Phi) is 3.82. The highest BCUT2D eigenvalue weighted by Crippen LogP contribution is 2.34. The van der Waals surface area contributed by atoms with Gasteiger partial charge in [-0.15, -0.1) is 11.3 Å². The van der Waals surface area contributed by atoms with Gasteiger partial charge in [-0.2, -0.15) is 0 Å². The van der Waals surface area contributed by atoms with Crippen molar-refractivity contribution in [2.45, 2.75) is 32.4 Å². The Morgan fingerprint density at radius 3 is 2.74 bits per heavy atom. The van der Waals surface area contributed by atoms with Gasteiger partial charge in [0.05, 0.1) is 0 Å². The van der Waals surface area contributed by atoms with E-state index in [2.05, 4.69) is 4.90 Å². The highest BCUT2D eigenvalue weighted by molar-refractivity contribution is 7.19. The van der Waals surface area contributed by atoms with E-state index in [9.17, 15) is 4.39 Å². The van der Waals surface area contributed by atoms with Crippen molar-refractivity contribution < 1.29 is 4.39 Å². The maximum Gasteiger partial charge on any atom is 0.132 e. The summed E-state index contributed by atoms with van der Waals surface area (Å²) in [6, 6.07) is 5.32. The number of thiophene rings is 1. The minimum absolute atomic E-state index is 0.111. The SMILES string of the molecule is NCc1sc2cccc(F)c2c1CN1CCCCC1. The van der Waals surface area contributed by atoms with E-state index in [1.54, 1.807) is 23.5 Å². The standard InChI is InChI=1S/C15H19FN2S/c16-12-5-4-6-13-15(12)11(14(9-17)19-13)10-18-7-2-1-3-8-18/h4-6H,1-3,7-10,17H2. The largest absolute Gasteiger partial charge is 0.326 e. The lowest BCUT2D eigenvalue weighted by Gasteiger charge is -2.26. The van der Waals surface area contributed by atoms with Gasteiger partial charge in [-0.1, -0.05) is 12.5 Å². The van der Waals surface area contributed by atoms with Crippen LogP contribution in [-0.4, -0.2) is 18.0 Å².